The highest BCUT2D eigenvalue weighted by molar-refractivity contribution is 5.84. The minimum Gasteiger partial charge on any atom is -0.281 e. The van der Waals surface area contributed by atoms with Gasteiger partial charge in [-0.3, -0.25) is 5.43 Å². The predicted molar refractivity (Wildman–Crippen MR) is 67.6 cm³/mol. The van der Waals surface area contributed by atoms with Crippen molar-refractivity contribution in [2.45, 2.75) is 26.3 Å². The van der Waals surface area contributed by atoms with Gasteiger partial charge in [-0.1, -0.05) is 30.3 Å². The molecule has 0 spiro atoms. The van der Waals surface area contributed by atoms with Gasteiger partial charge in [0, 0.05) is 0 Å². The number of nitrogens with one attached hydrogen (secondary N) is 1. The topological polar surface area (TPSA) is 27.6 Å². The number of allylic oxidation sites excluding steroid dienone is 1. The molecule has 0 aromatic heterocycles. The third kappa shape index (κ3) is 2.24. The molecule has 0 aliphatic carbocycles. The van der Waals surface area contributed by atoms with Crippen LogP contribution in [-0.2, 0) is 0 Å². The summed E-state index contributed by atoms with van der Waals surface area (Å²) in [5, 5.41) is 6.17. The van der Waals surface area contributed by atoms with Crippen molar-refractivity contribution in [1.29, 1.82) is 0 Å². The van der Waals surface area contributed by atoms with Gasteiger partial charge in [0.15, 0.2) is 0 Å². The summed E-state index contributed by atoms with van der Waals surface area (Å²) in [5.74, 6) is 0. The summed E-state index contributed by atoms with van der Waals surface area (Å²) in [6, 6.07) is 10.2. The van der Waals surface area contributed by atoms with Crippen LogP contribution >= 0.6 is 0 Å². The normalized spacial score (nSPS) is 15.7. The van der Waals surface area contributed by atoms with Crippen LogP contribution in [0, 0.1) is 0 Å². The van der Waals surface area contributed by atoms with E-state index in [0.29, 0.717) is 0 Å². The molecule has 3 heteroatoms. The van der Waals surface area contributed by atoms with Gasteiger partial charge in [-0.15, -0.1) is 0 Å². The Balaban J connectivity index is 2.21. The van der Waals surface area contributed by atoms with E-state index < -0.39 is 0 Å². The Bertz CT molecular complexity index is 413. The van der Waals surface area contributed by atoms with Crippen molar-refractivity contribution in [2.24, 2.45) is 5.10 Å². The highest BCUT2D eigenvalue weighted by Crippen LogP contribution is 2.18. The SMILES string of the molecule is CC(C)(C)N1N=CC=C(c2ccccc2)N1. The van der Waals surface area contributed by atoms with Crippen LogP contribution in [0.4, 0.5) is 0 Å². The first-order chi connectivity index (χ1) is 7.57. The predicted octanol–water partition coefficient (Wildman–Crippen LogP) is 2.63. The van der Waals surface area contributed by atoms with Crippen LogP contribution in [0.5, 0.6) is 0 Å². The molecule has 0 atom stereocenters. The Kier molecular flexibility index (Phi) is 2.69. The van der Waals surface area contributed by atoms with Gasteiger partial charge in [0.25, 0.3) is 0 Å². The summed E-state index contributed by atoms with van der Waals surface area (Å²) >= 11 is 0. The third-order valence-corrected chi connectivity index (χ3v) is 2.37. The molecule has 1 aliphatic rings. The van der Waals surface area contributed by atoms with Crippen LogP contribution in [0.1, 0.15) is 26.3 Å². The minimum atomic E-state index is -0.0369. The van der Waals surface area contributed by atoms with Crippen molar-refractivity contribution in [3.8, 4) is 0 Å². The average Bonchev–Trinajstić information content (AvgIpc) is 2.29. The fourth-order valence-corrected chi connectivity index (χ4v) is 1.47. The Morgan fingerprint density at radius 2 is 1.81 bits per heavy atom. The summed E-state index contributed by atoms with van der Waals surface area (Å²) in [6.07, 6.45) is 3.81. The molecule has 3 nitrogen and oxygen atoms in total. The molecule has 1 N–H and O–H groups in total. The van der Waals surface area contributed by atoms with Crippen LogP contribution in [0.15, 0.2) is 41.5 Å². The van der Waals surface area contributed by atoms with Crippen molar-refractivity contribution >= 4 is 11.9 Å². The molecule has 2 rings (SSSR count). The highest BCUT2D eigenvalue weighted by Gasteiger charge is 2.22. The van der Waals surface area contributed by atoms with E-state index in [0.717, 1.165) is 5.70 Å². The molecular formula is C13H17N3. The van der Waals surface area contributed by atoms with Crippen molar-refractivity contribution in [3.63, 3.8) is 0 Å². The molecule has 84 valence electrons. The zero-order chi connectivity index (χ0) is 11.6. The lowest BCUT2D eigenvalue weighted by Gasteiger charge is -2.35. The molecule has 1 aliphatic heterocycles. The molecule has 1 aromatic rings. The first-order valence-corrected chi connectivity index (χ1v) is 5.44. The fraction of sp³-hybridized carbons (Fsp3) is 0.308. The number of rotatable bonds is 1. The minimum absolute atomic E-state index is 0.0369. The van der Waals surface area contributed by atoms with E-state index >= 15 is 0 Å². The van der Waals surface area contributed by atoms with E-state index in [2.05, 4.69) is 43.4 Å². The van der Waals surface area contributed by atoms with Crippen molar-refractivity contribution in [3.05, 3.63) is 42.0 Å². The lowest BCUT2D eigenvalue weighted by Crippen LogP contribution is -2.47. The second kappa shape index (κ2) is 4.00. The zero-order valence-electron chi connectivity index (χ0n) is 9.94. The average molecular weight is 215 g/mol. The zero-order valence-corrected chi connectivity index (χ0v) is 9.94. The maximum absolute atomic E-state index is 4.30. The molecular weight excluding hydrogens is 198 g/mol. The molecule has 0 saturated carbocycles. The molecule has 0 fully saturated rings. The van der Waals surface area contributed by atoms with Gasteiger partial charge in [0.1, 0.15) is 0 Å². The number of hydrazine groups is 1. The quantitative estimate of drug-likeness (QED) is 0.780. The van der Waals surface area contributed by atoms with Gasteiger partial charge < -0.3 is 0 Å². The lowest BCUT2D eigenvalue weighted by molar-refractivity contribution is 0.104. The van der Waals surface area contributed by atoms with Crippen LogP contribution in [0.25, 0.3) is 5.70 Å². The Morgan fingerprint density at radius 1 is 1.12 bits per heavy atom. The monoisotopic (exact) mass is 215 g/mol. The Hall–Kier alpha value is -1.77. The summed E-state index contributed by atoms with van der Waals surface area (Å²) < 4.78 is 0. The Labute approximate surface area is 96.4 Å². The number of hydrogen-bond donors (Lipinski definition) is 1. The molecule has 16 heavy (non-hydrogen) atoms. The van der Waals surface area contributed by atoms with Gasteiger partial charge >= 0.3 is 0 Å². The summed E-state index contributed by atoms with van der Waals surface area (Å²) in [7, 11) is 0. The first kappa shape index (κ1) is 10.7. The number of nitrogens with zero attached hydrogens (tertiary/aromatic N) is 2. The molecule has 0 radical (unpaired) electrons. The second-order valence-electron chi connectivity index (χ2n) is 4.81. The van der Waals surface area contributed by atoms with Crippen LogP contribution < -0.4 is 5.43 Å². The first-order valence-electron chi connectivity index (χ1n) is 5.44. The second-order valence-corrected chi connectivity index (χ2v) is 4.81. The number of benzene rings is 1. The number of hydrogen-bond acceptors (Lipinski definition) is 3. The van der Waals surface area contributed by atoms with E-state index in [1.54, 1.807) is 0 Å². The summed E-state index contributed by atoms with van der Waals surface area (Å²) in [5.41, 5.74) is 5.51. The molecule has 0 bridgehead atoms. The molecule has 0 unspecified atom stereocenters. The largest absolute Gasteiger partial charge is 0.281 e. The fourth-order valence-electron chi connectivity index (χ4n) is 1.47. The van der Waals surface area contributed by atoms with E-state index in [9.17, 15) is 0 Å². The number of hydrazone groups is 1. The van der Waals surface area contributed by atoms with Gasteiger partial charge in [0.2, 0.25) is 0 Å². The van der Waals surface area contributed by atoms with Crippen molar-refractivity contribution in [1.82, 2.24) is 10.5 Å². The van der Waals surface area contributed by atoms with E-state index in [1.807, 2.05) is 35.6 Å². The van der Waals surface area contributed by atoms with Gasteiger partial charge in [-0.05, 0) is 32.4 Å². The van der Waals surface area contributed by atoms with Crippen molar-refractivity contribution < 1.29 is 0 Å². The maximum atomic E-state index is 4.30. The van der Waals surface area contributed by atoms with E-state index in [4.69, 9.17) is 0 Å². The van der Waals surface area contributed by atoms with Crippen LogP contribution in [-0.4, -0.2) is 16.9 Å². The lowest BCUT2D eigenvalue weighted by atomic mass is 10.1. The highest BCUT2D eigenvalue weighted by atomic mass is 15.7. The van der Waals surface area contributed by atoms with Gasteiger partial charge in [0.05, 0.1) is 17.5 Å². The standard InChI is InChI=1S/C13H17N3/c1-13(2,3)16-14-10-9-12(15-16)11-7-5-4-6-8-11/h4-10,15H,1-3H3. The molecule has 0 amide bonds. The maximum Gasteiger partial charge on any atom is 0.0717 e. The molecule has 0 saturated heterocycles. The van der Waals surface area contributed by atoms with Gasteiger partial charge in [-0.2, -0.15) is 5.10 Å². The van der Waals surface area contributed by atoms with Crippen LogP contribution in [0.3, 0.4) is 0 Å². The summed E-state index contributed by atoms with van der Waals surface area (Å²) in [6.45, 7) is 6.35. The van der Waals surface area contributed by atoms with E-state index in [1.165, 1.54) is 5.56 Å². The van der Waals surface area contributed by atoms with Gasteiger partial charge in [-0.25, -0.2) is 5.12 Å². The van der Waals surface area contributed by atoms with Crippen molar-refractivity contribution in [2.75, 3.05) is 0 Å². The smallest absolute Gasteiger partial charge is 0.0717 e. The third-order valence-electron chi connectivity index (χ3n) is 2.37. The Morgan fingerprint density at radius 3 is 2.44 bits per heavy atom. The van der Waals surface area contributed by atoms with E-state index in [-0.39, 0.29) is 5.54 Å². The van der Waals surface area contributed by atoms with Crippen LogP contribution in [0.2, 0.25) is 0 Å². The molecule has 1 aromatic carbocycles. The molecule has 1 heterocycles. The summed E-state index contributed by atoms with van der Waals surface area (Å²) in [4.78, 5) is 0.